The fraction of sp³-hybridized carbons (Fsp3) is 0.267. The van der Waals surface area contributed by atoms with E-state index >= 15 is 0 Å². The largest absolute Gasteiger partial charge is 0.495 e. The van der Waals surface area contributed by atoms with Gasteiger partial charge in [0, 0.05) is 6.07 Å². The first-order valence-electron chi connectivity index (χ1n) is 6.56. The molecule has 0 spiro atoms. The van der Waals surface area contributed by atoms with Crippen molar-refractivity contribution in [3.63, 3.8) is 0 Å². The lowest BCUT2D eigenvalue weighted by Crippen LogP contribution is -2.15. The Morgan fingerprint density at radius 1 is 1.24 bits per heavy atom. The van der Waals surface area contributed by atoms with Gasteiger partial charge in [0.05, 0.1) is 19.4 Å². The molecule has 6 nitrogen and oxygen atoms in total. The Bertz CT molecular complexity index is 627. The summed E-state index contributed by atoms with van der Waals surface area (Å²) in [7, 11) is 1.55. The molecule has 1 heterocycles. The molecule has 0 aliphatic rings. The molecule has 21 heavy (non-hydrogen) atoms. The van der Waals surface area contributed by atoms with Gasteiger partial charge >= 0.3 is 0 Å². The minimum absolute atomic E-state index is 0.210. The molecule has 0 fully saturated rings. The van der Waals surface area contributed by atoms with Crippen LogP contribution >= 0.6 is 0 Å². The molecule has 0 aliphatic carbocycles. The molecule has 1 N–H and O–H groups in total. The molecule has 1 amide bonds. The van der Waals surface area contributed by atoms with E-state index in [9.17, 15) is 4.79 Å². The molecule has 2 aromatic rings. The molecule has 0 unspecified atom stereocenters. The highest BCUT2D eigenvalue weighted by Gasteiger charge is 2.12. The molecule has 0 saturated heterocycles. The van der Waals surface area contributed by atoms with Crippen LogP contribution in [0.1, 0.15) is 23.0 Å². The fourth-order valence-electron chi connectivity index (χ4n) is 1.77. The minimum Gasteiger partial charge on any atom is -0.495 e. The van der Waals surface area contributed by atoms with E-state index in [1.54, 1.807) is 25.3 Å². The van der Waals surface area contributed by atoms with Gasteiger partial charge in [-0.15, -0.1) is 10.2 Å². The number of benzene rings is 1. The number of ether oxygens (including phenoxy) is 2. The van der Waals surface area contributed by atoms with E-state index in [0.717, 1.165) is 5.56 Å². The first kappa shape index (κ1) is 14.8. The van der Waals surface area contributed by atoms with Crippen LogP contribution in [0.15, 0.2) is 30.3 Å². The van der Waals surface area contributed by atoms with Crippen LogP contribution in [-0.4, -0.2) is 29.8 Å². The van der Waals surface area contributed by atoms with Crippen LogP contribution in [0.2, 0.25) is 0 Å². The summed E-state index contributed by atoms with van der Waals surface area (Å²) in [4.78, 5) is 12.2. The number of hydrogen-bond donors (Lipinski definition) is 1. The maximum Gasteiger partial charge on any atom is 0.276 e. The highest BCUT2D eigenvalue weighted by molar-refractivity contribution is 6.03. The lowest BCUT2D eigenvalue weighted by molar-refractivity contribution is 0.102. The van der Waals surface area contributed by atoms with Crippen LogP contribution in [0.3, 0.4) is 0 Å². The molecule has 1 aromatic carbocycles. The number of aromatic nitrogens is 2. The normalized spacial score (nSPS) is 10.0. The van der Waals surface area contributed by atoms with E-state index in [1.165, 1.54) is 0 Å². The fourth-order valence-corrected chi connectivity index (χ4v) is 1.77. The van der Waals surface area contributed by atoms with Crippen molar-refractivity contribution >= 4 is 11.6 Å². The van der Waals surface area contributed by atoms with Gasteiger partial charge in [0.1, 0.15) is 5.75 Å². The van der Waals surface area contributed by atoms with E-state index in [-0.39, 0.29) is 11.6 Å². The van der Waals surface area contributed by atoms with Crippen molar-refractivity contribution in [1.82, 2.24) is 10.2 Å². The van der Waals surface area contributed by atoms with Crippen LogP contribution in [0, 0.1) is 6.92 Å². The summed E-state index contributed by atoms with van der Waals surface area (Å²) in [6, 6.07) is 8.72. The molecular formula is C15H17N3O3. The van der Waals surface area contributed by atoms with Gasteiger partial charge in [0.25, 0.3) is 5.91 Å². The number of amides is 1. The number of nitrogens with zero attached hydrogens (tertiary/aromatic N) is 2. The standard InChI is InChI=1S/C15H17N3O3/c1-4-21-14-8-6-11(17-18-14)15(19)16-12-9-10(2)5-7-13(12)20-3/h5-9H,4H2,1-3H3,(H,16,19). The van der Waals surface area contributed by atoms with Gasteiger partial charge in [-0.25, -0.2) is 0 Å². The molecule has 0 atom stereocenters. The Labute approximate surface area is 123 Å². The maximum absolute atomic E-state index is 12.2. The van der Waals surface area contributed by atoms with Crippen LogP contribution in [0.25, 0.3) is 0 Å². The van der Waals surface area contributed by atoms with Crippen molar-refractivity contribution in [2.75, 3.05) is 19.0 Å². The Balaban J connectivity index is 2.15. The SMILES string of the molecule is CCOc1ccc(C(=O)Nc2cc(C)ccc2OC)nn1. The number of rotatable bonds is 5. The number of methoxy groups -OCH3 is 1. The van der Waals surface area contributed by atoms with Gasteiger partial charge in [-0.2, -0.15) is 0 Å². The number of carbonyl (C=O) groups is 1. The van der Waals surface area contributed by atoms with E-state index in [4.69, 9.17) is 9.47 Å². The Hall–Kier alpha value is -2.63. The third-order valence-electron chi connectivity index (χ3n) is 2.77. The smallest absolute Gasteiger partial charge is 0.276 e. The van der Waals surface area contributed by atoms with Crippen molar-refractivity contribution in [3.8, 4) is 11.6 Å². The third-order valence-corrected chi connectivity index (χ3v) is 2.77. The summed E-state index contributed by atoms with van der Waals surface area (Å²) in [5.74, 6) is 0.629. The first-order valence-corrected chi connectivity index (χ1v) is 6.56. The van der Waals surface area contributed by atoms with E-state index in [1.807, 2.05) is 26.0 Å². The topological polar surface area (TPSA) is 73.3 Å². The lowest BCUT2D eigenvalue weighted by Gasteiger charge is -2.10. The van der Waals surface area contributed by atoms with Gasteiger partial charge in [-0.1, -0.05) is 6.07 Å². The molecule has 2 rings (SSSR count). The molecule has 0 bridgehead atoms. The van der Waals surface area contributed by atoms with Gasteiger partial charge in [-0.3, -0.25) is 4.79 Å². The maximum atomic E-state index is 12.2. The summed E-state index contributed by atoms with van der Waals surface area (Å²) in [5, 5.41) is 10.4. The highest BCUT2D eigenvalue weighted by Crippen LogP contribution is 2.25. The second-order valence-corrected chi connectivity index (χ2v) is 4.35. The summed E-state index contributed by atoms with van der Waals surface area (Å²) in [5.41, 5.74) is 1.82. The Morgan fingerprint density at radius 3 is 2.67 bits per heavy atom. The summed E-state index contributed by atoms with van der Waals surface area (Å²) in [6.45, 7) is 4.29. The van der Waals surface area contributed by atoms with Crippen LogP contribution in [0.4, 0.5) is 5.69 Å². The zero-order valence-electron chi connectivity index (χ0n) is 12.2. The molecule has 6 heteroatoms. The zero-order valence-corrected chi connectivity index (χ0v) is 12.2. The minimum atomic E-state index is -0.352. The number of nitrogens with one attached hydrogen (secondary N) is 1. The molecule has 0 radical (unpaired) electrons. The zero-order chi connectivity index (χ0) is 15.2. The molecule has 0 aliphatic heterocycles. The predicted molar refractivity (Wildman–Crippen MR) is 78.9 cm³/mol. The Morgan fingerprint density at radius 2 is 2.05 bits per heavy atom. The van der Waals surface area contributed by atoms with Gasteiger partial charge in [-0.05, 0) is 37.6 Å². The lowest BCUT2D eigenvalue weighted by atomic mass is 10.2. The summed E-state index contributed by atoms with van der Waals surface area (Å²) in [6.07, 6.45) is 0. The van der Waals surface area contributed by atoms with Crippen LogP contribution in [-0.2, 0) is 0 Å². The number of carbonyl (C=O) groups excluding carboxylic acids is 1. The Kier molecular flexibility index (Phi) is 4.71. The molecule has 1 aromatic heterocycles. The van der Waals surface area contributed by atoms with E-state index in [0.29, 0.717) is 23.9 Å². The molecule has 0 saturated carbocycles. The quantitative estimate of drug-likeness (QED) is 0.914. The molecule has 110 valence electrons. The van der Waals surface area contributed by atoms with Crippen LogP contribution in [0.5, 0.6) is 11.6 Å². The van der Waals surface area contributed by atoms with Gasteiger partial charge in [0.2, 0.25) is 5.88 Å². The van der Waals surface area contributed by atoms with Crippen molar-refractivity contribution < 1.29 is 14.3 Å². The second kappa shape index (κ2) is 6.69. The third kappa shape index (κ3) is 3.68. The monoisotopic (exact) mass is 287 g/mol. The van der Waals surface area contributed by atoms with Gasteiger partial charge < -0.3 is 14.8 Å². The number of aryl methyl sites for hydroxylation is 1. The summed E-state index contributed by atoms with van der Waals surface area (Å²) < 4.78 is 10.4. The number of hydrogen-bond acceptors (Lipinski definition) is 5. The average Bonchev–Trinajstić information content (AvgIpc) is 2.48. The first-order chi connectivity index (χ1) is 10.1. The summed E-state index contributed by atoms with van der Waals surface area (Å²) >= 11 is 0. The van der Waals surface area contributed by atoms with Crippen molar-refractivity contribution in [3.05, 3.63) is 41.6 Å². The molecular weight excluding hydrogens is 270 g/mol. The van der Waals surface area contributed by atoms with Crippen molar-refractivity contribution in [2.24, 2.45) is 0 Å². The average molecular weight is 287 g/mol. The predicted octanol–water partition coefficient (Wildman–Crippen LogP) is 2.44. The van der Waals surface area contributed by atoms with Crippen molar-refractivity contribution in [2.45, 2.75) is 13.8 Å². The highest BCUT2D eigenvalue weighted by atomic mass is 16.5. The van der Waals surface area contributed by atoms with Crippen molar-refractivity contribution in [1.29, 1.82) is 0 Å². The second-order valence-electron chi connectivity index (χ2n) is 4.35. The van der Waals surface area contributed by atoms with Gasteiger partial charge in [0.15, 0.2) is 5.69 Å². The van der Waals surface area contributed by atoms with E-state index < -0.39 is 0 Å². The van der Waals surface area contributed by atoms with E-state index in [2.05, 4.69) is 15.5 Å². The number of anilines is 1. The van der Waals surface area contributed by atoms with Crippen LogP contribution < -0.4 is 14.8 Å².